The molecule has 0 aromatic heterocycles. The zero-order valence-electron chi connectivity index (χ0n) is 9.17. The Labute approximate surface area is 107 Å². The van der Waals surface area contributed by atoms with Gasteiger partial charge in [0.2, 0.25) is 5.91 Å². The third kappa shape index (κ3) is 2.16. The van der Waals surface area contributed by atoms with Gasteiger partial charge in [-0.2, -0.15) is 0 Å². The minimum atomic E-state index is -0.350. The van der Waals surface area contributed by atoms with Crippen molar-refractivity contribution in [3.63, 3.8) is 0 Å². The maximum Gasteiger partial charge on any atom is 0.243 e. The van der Waals surface area contributed by atoms with Gasteiger partial charge in [0.1, 0.15) is 5.82 Å². The normalized spacial score (nSPS) is 18.9. The summed E-state index contributed by atoms with van der Waals surface area (Å²) in [5, 5.41) is 2.71. The van der Waals surface area contributed by atoms with Crippen molar-refractivity contribution in [2.45, 2.75) is 12.8 Å². The van der Waals surface area contributed by atoms with Crippen molar-refractivity contribution in [3.8, 4) is 0 Å². The summed E-state index contributed by atoms with van der Waals surface area (Å²) >= 11 is 3.18. The van der Waals surface area contributed by atoms with E-state index in [2.05, 4.69) is 21.2 Å². The predicted molar refractivity (Wildman–Crippen MR) is 67.7 cm³/mol. The Morgan fingerprint density at radius 3 is 2.94 bits per heavy atom. The maximum absolute atomic E-state index is 13.4. The molecule has 0 unspecified atom stereocenters. The number of nitrogens with one attached hydrogen (secondary N) is 1. The molecule has 2 aliphatic rings. The molecule has 1 aromatic carbocycles. The number of rotatable bonds is 2. The SMILES string of the molecule is O=C1CN(CC2CC2)c2cc(Br)c(F)cc2N1. The topological polar surface area (TPSA) is 32.3 Å². The fourth-order valence-electron chi connectivity index (χ4n) is 2.12. The van der Waals surface area contributed by atoms with E-state index in [9.17, 15) is 9.18 Å². The van der Waals surface area contributed by atoms with Gasteiger partial charge in [-0.1, -0.05) is 0 Å². The third-order valence-corrected chi connectivity index (χ3v) is 3.77. The van der Waals surface area contributed by atoms with Crippen LogP contribution in [0.15, 0.2) is 16.6 Å². The summed E-state index contributed by atoms with van der Waals surface area (Å²) in [5.41, 5.74) is 1.48. The lowest BCUT2D eigenvalue weighted by atomic mass is 10.1. The molecular formula is C12H12BrFN2O. The Morgan fingerprint density at radius 2 is 2.24 bits per heavy atom. The summed E-state index contributed by atoms with van der Waals surface area (Å²) in [5.74, 6) is 0.273. The number of fused-ring (bicyclic) bond motifs is 1. The van der Waals surface area contributed by atoms with Crippen molar-refractivity contribution < 1.29 is 9.18 Å². The molecule has 3 nitrogen and oxygen atoms in total. The standard InChI is InChI=1S/C12H12BrFN2O/c13-8-3-11-10(4-9(8)14)15-12(17)6-16(11)5-7-1-2-7/h3-4,7H,1-2,5-6H2,(H,15,17). The molecule has 1 saturated carbocycles. The first-order valence-electron chi connectivity index (χ1n) is 5.67. The molecule has 0 spiro atoms. The second-order valence-corrected chi connectivity index (χ2v) is 5.51. The maximum atomic E-state index is 13.4. The van der Waals surface area contributed by atoms with Crippen LogP contribution in [0.3, 0.4) is 0 Å². The van der Waals surface area contributed by atoms with Gasteiger partial charge in [0.15, 0.2) is 0 Å². The van der Waals surface area contributed by atoms with Crippen LogP contribution in [0.1, 0.15) is 12.8 Å². The summed E-state index contributed by atoms with van der Waals surface area (Å²) < 4.78 is 13.9. The van der Waals surface area contributed by atoms with Gasteiger partial charge >= 0.3 is 0 Å². The average Bonchev–Trinajstić information content (AvgIpc) is 3.05. The first-order valence-corrected chi connectivity index (χ1v) is 6.46. The van der Waals surface area contributed by atoms with Crippen LogP contribution in [0.4, 0.5) is 15.8 Å². The number of hydrogen-bond donors (Lipinski definition) is 1. The Kier molecular flexibility index (Phi) is 2.58. The van der Waals surface area contributed by atoms with Gasteiger partial charge in [0.05, 0.1) is 22.4 Å². The number of benzene rings is 1. The van der Waals surface area contributed by atoms with Crippen LogP contribution < -0.4 is 10.2 Å². The Morgan fingerprint density at radius 1 is 1.47 bits per heavy atom. The molecule has 0 radical (unpaired) electrons. The Hall–Kier alpha value is -1.10. The molecule has 5 heteroatoms. The van der Waals surface area contributed by atoms with Crippen LogP contribution >= 0.6 is 15.9 Å². The van der Waals surface area contributed by atoms with Gasteiger partial charge in [-0.25, -0.2) is 4.39 Å². The van der Waals surface area contributed by atoms with E-state index in [4.69, 9.17) is 0 Å². The predicted octanol–water partition coefficient (Wildman–Crippen LogP) is 2.76. The fourth-order valence-corrected chi connectivity index (χ4v) is 2.45. The highest BCUT2D eigenvalue weighted by molar-refractivity contribution is 9.10. The van der Waals surface area contributed by atoms with Gasteiger partial charge in [0, 0.05) is 12.6 Å². The Bertz CT molecular complexity index is 488. The molecule has 17 heavy (non-hydrogen) atoms. The molecular weight excluding hydrogens is 287 g/mol. The van der Waals surface area contributed by atoms with Crippen molar-refractivity contribution in [1.29, 1.82) is 0 Å². The highest BCUT2D eigenvalue weighted by atomic mass is 79.9. The largest absolute Gasteiger partial charge is 0.360 e. The number of hydrogen-bond acceptors (Lipinski definition) is 2. The third-order valence-electron chi connectivity index (χ3n) is 3.16. The zero-order valence-corrected chi connectivity index (χ0v) is 10.8. The van der Waals surface area contributed by atoms with E-state index in [1.807, 2.05) is 4.90 Å². The van der Waals surface area contributed by atoms with Crippen LogP contribution in [0.25, 0.3) is 0 Å². The molecule has 1 fully saturated rings. The van der Waals surface area contributed by atoms with Crippen molar-refractivity contribution in [2.24, 2.45) is 5.92 Å². The second-order valence-electron chi connectivity index (χ2n) is 4.66. The number of carbonyl (C=O) groups is 1. The highest BCUT2D eigenvalue weighted by Gasteiger charge is 2.29. The van der Waals surface area contributed by atoms with Gasteiger partial charge in [0.25, 0.3) is 0 Å². The van der Waals surface area contributed by atoms with Crippen LogP contribution in [0.2, 0.25) is 0 Å². The molecule has 0 atom stereocenters. The van der Waals surface area contributed by atoms with Crippen LogP contribution in [-0.2, 0) is 4.79 Å². The molecule has 1 aliphatic heterocycles. The number of anilines is 2. The first kappa shape index (κ1) is 11.0. The van der Waals surface area contributed by atoms with Gasteiger partial charge < -0.3 is 10.2 Å². The van der Waals surface area contributed by atoms with E-state index in [0.717, 1.165) is 12.2 Å². The first-order chi connectivity index (χ1) is 8.13. The summed E-state index contributed by atoms with van der Waals surface area (Å²) in [6.45, 7) is 1.25. The van der Waals surface area contributed by atoms with E-state index >= 15 is 0 Å². The second kappa shape index (κ2) is 3.98. The van der Waals surface area contributed by atoms with E-state index in [-0.39, 0.29) is 11.7 Å². The Balaban J connectivity index is 1.98. The lowest BCUT2D eigenvalue weighted by Crippen LogP contribution is -2.39. The molecule has 1 N–H and O–H groups in total. The van der Waals surface area contributed by atoms with E-state index in [0.29, 0.717) is 22.6 Å². The lowest BCUT2D eigenvalue weighted by Gasteiger charge is -2.31. The molecule has 90 valence electrons. The van der Waals surface area contributed by atoms with E-state index < -0.39 is 0 Å². The zero-order chi connectivity index (χ0) is 12.0. The van der Waals surface area contributed by atoms with Crippen molar-refractivity contribution >= 4 is 33.2 Å². The van der Waals surface area contributed by atoms with Gasteiger partial charge in [-0.3, -0.25) is 4.79 Å². The molecule has 0 saturated heterocycles. The van der Waals surface area contributed by atoms with E-state index in [1.54, 1.807) is 6.07 Å². The molecule has 3 rings (SSSR count). The summed E-state index contributed by atoms with van der Waals surface area (Å²) in [4.78, 5) is 13.6. The minimum Gasteiger partial charge on any atom is -0.360 e. The monoisotopic (exact) mass is 298 g/mol. The number of nitrogens with zero attached hydrogens (tertiary/aromatic N) is 1. The van der Waals surface area contributed by atoms with Crippen LogP contribution in [0.5, 0.6) is 0 Å². The summed E-state index contributed by atoms with van der Waals surface area (Å²) in [6, 6.07) is 3.11. The number of halogens is 2. The van der Waals surface area contributed by atoms with Crippen molar-refractivity contribution in [2.75, 3.05) is 23.3 Å². The van der Waals surface area contributed by atoms with Gasteiger partial charge in [-0.05, 0) is 40.8 Å². The fraction of sp³-hybridized carbons (Fsp3) is 0.417. The van der Waals surface area contributed by atoms with Crippen molar-refractivity contribution in [1.82, 2.24) is 0 Å². The molecule has 1 aromatic rings. The number of carbonyl (C=O) groups excluding carboxylic acids is 1. The number of amides is 1. The van der Waals surface area contributed by atoms with Crippen molar-refractivity contribution in [3.05, 3.63) is 22.4 Å². The molecule has 1 aliphatic carbocycles. The lowest BCUT2D eigenvalue weighted by molar-refractivity contribution is -0.115. The summed E-state index contributed by atoms with van der Waals surface area (Å²) in [7, 11) is 0. The van der Waals surface area contributed by atoms with Gasteiger partial charge in [-0.15, -0.1) is 0 Å². The molecule has 0 bridgehead atoms. The minimum absolute atomic E-state index is 0.0696. The average molecular weight is 299 g/mol. The van der Waals surface area contributed by atoms with Crippen LogP contribution in [-0.4, -0.2) is 19.0 Å². The van der Waals surface area contributed by atoms with E-state index in [1.165, 1.54) is 18.9 Å². The summed E-state index contributed by atoms with van der Waals surface area (Å²) in [6.07, 6.45) is 2.46. The smallest absolute Gasteiger partial charge is 0.243 e. The highest BCUT2D eigenvalue weighted by Crippen LogP contribution is 2.37. The molecule has 1 amide bonds. The quantitative estimate of drug-likeness (QED) is 0.910. The van der Waals surface area contributed by atoms with Crippen LogP contribution in [0, 0.1) is 11.7 Å². The molecule has 1 heterocycles.